The van der Waals surface area contributed by atoms with Crippen LogP contribution in [0.1, 0.15) is 43.0 Å². The molecule has 1 saturated heterocycles. The summed E-state index contributed by atoms with van der Waals surface area (Å²) < 4.78 is 20.1. The lowest BCUT2D eigenvalue weighted by molar-refractivity contribution is 0.0629. The first-order valence-corrected chi connectivity index (χ1v) is 10.8. The van der Waals surface area contributed by atoms with Gasteiger partial charge < -0.3 is 14.5 Å². The third kappa shape index (κ3) is 4.17. The lowest BCUT2D eigenvalue weighted by Gasteiger charge is -2.36. The molecule has 2 unspecified atom stereocenters. The van der Waals surface area contributed by atoms with E-state index in [0.29, 0.717) is 55.0 Å². The molecule has 2 aromatic rings. The number of benzene rings is 1. The van der Waals surface area contributed by atoms with E-state index in [1.807, 2.05) is 11.9 Å². The Morgan fingerprint density at radius 1 is 1.20 bits per heavy atom. The van der Waals surface area contributed by atoms with Gasteiger partial charge in [0.25, 0.3) is 5.91 Å². The molecule has 1 amide bonds. The number of amides is 1. The molecule has 0 bridgehead atoms. The van der Waals surface area contributed by atoms with Crippen molar-refractivity contribution in [3.8, 4) is 11.3 Å². The monoisotopic (exact) mass is 412 g/mol. The Morgan fingerprint density at radius 3 is 2.67 bits per heavy atom. The van der Waals surface area contributed by atoms with Crippen LogP contribution in [-0.2, 0) is 4.74 Å². The molecule has 7 heteroatoms. The van der Waals surface area contributed by atoms with E-state index in [9.17, 15) is 9.18 Å². The van der Waals surface area contributed by atoms with Crippen molar-refractivity contribution < 1.29 is 13.9 Å². The van der Waals surface area contributed by atoms with Gasteiger partial charge in [-0.25, -0.2) is 14.4 Å². The molecule has 2 aliphatic rings. The van der Waals surface area contributed by atoms with E-state index in [1.165, 1.54) is 12.5 Å². The fourth-order valence-electron chi connectivity index (χ4n) is 4.52. The largest absolute Gasteiger partial charge is 0.378 e. The van der Waals surface area contributed by atoms with Gasteiger partial charge in [-0.3, -0.25) is 4.79 Å². The molecule has 1 aromatic carbocycles. The lowest BCUT2D eigenvalue weighted by atomic mass is 9.85. The van der Waals surface area contributed by atoms with Crippen molar-refractivity contribution in [2.24, 2.45) is 5.92 Å². The zero-order valence-electron chi connectivity index (χ0n) is 17.7. The topological polar surface area (TPSA) is 58.6 Å². The minimum absolute atomic E-state index is 0.152. The van der Waals surface area contributed by atoms with Crippen molar-refractivity contribution >= 4 is 11.9 Å². The van der Waals surface area contributed by atoms with Gasteiger partial charge in [0.05, 0.1) is 24.5 Å². The van der Waals surface area contributed by atoms with Crippen molar-refractivity contribution in [3.63, 3.8) is 0 Å². The van der Waals surface area contributed by atoms with Gasteiger partial charge in [-0.05, 0) is 30.9 Å². The number of anilines is 1. The summed E-state index contributed by atoms with van der Waals surface area (Å²) in [6.07, 6.45) is 6.00. The van der Waals surface area contributed by atoms with Crippen LogP contribution in [0.15, 0.2) is 30.5 Å². The molecule has 6 nitrogen and oxygen atoms in total. The fraction of sp³-hybridized carbons (Fsp3) is 0.522. The van der Waals surface area contributed by atoms with Crippen LogP contribution in [0.5, 0.6) is 0 Å². The number of nitrogens with zero attached hydrogens (tertiary/aromatic N) is 4. The van der Waals surface area contributed by atoms with Gasteiger partial charge in [-0.1, -0.05) is 31.9 Å². The Hall–Kier alpha value is -2.54. The molecule has 0 spiro atoms. The number of carbonyl (C=O) groups is 1. The van der Waals surface area contributed by atoms with Crippen molar-refractivity contribution in [2.75, 3.05) is 38.3 Å². The first-order chi connectivity index (χ1) is 14.6. The molecule has 0 radical (unpaired) electrons. The second-order valence-electron chi connectivity index (χ2n) is 8.26. The summed E-state index contributed by atoms with van der Waals surface area (Å²) in [6, 6.07) is 6.64. The highest BCUT2D eigenvalue weighted by Gasteiger charge is 2.31. The third-order valence-corrected chi connectivity index (χ3v) is 6.31. The maximum atomic E-state index is 14.7. The lowest BCUT2D eigenvalue weighted by Crippen LogP contribution is -2.43. The highest BCUT2D eigenvalue weighted by molar-refractivity contribution is 6.00. The van der Waals surface area contributed by atoms with Gasteiger partial charge in [-0.2, -0.15) is 0 Å². The van der Waals surface area contributed by atoms with E-state index in [0.717, 1.165) is 19.3 Å². The van der Waals surface area contributed by atoms with Crippen LogP contribution in [-0.4, -0.2) is 60.2 Å². The Balaban J connectivity index is 1.72. The molecular weight excluding hydrogens is 383 g/mol. The van der Waals surface area contributed by atoms with Crippen molar-refractivity contribution in [1.29, 1.82) is 0 Å². The van der Waals surface area contributed by atoms with E-state index in [-0.39, 0.29) is 11.9 Å². The predicted molar refractivity (Wildman–Crippen MR) is 114 cm³/mol. The number of carbonyl (C=O) groups excluding carboxylic acids is 1. The summed E-state index contributed by atoms with van der Waals surface area (Å²) in [5.41, 5.74) is 1.02. The maximum absolute atomic E-state index is 14.7. The third-order valence-electron chi connectivity index (χ3n) is 6.31. The van der Waals surface area contributed by atoms with E-state index >= 15 is 0 Å². The summed E-state index contributed by atoms with van der Waals surface area (Å²) in [5, 5.41) is 0. The number of hydrogen-bond donors (Lipinski definition) is 0. The predicted octanol–water partition coefficient (Wildman–Crippen LogP) is 3.77. The van der Waals surface area contributed by atoms with Crippen LogP contribution >= 0.6 is 0 Å². The van der Waals surface area contributed by atoms with Crippen molar-refractivity contribution in [1.82, 2.24) is 14.9 Å². The first-order valence-electron chi connectivity index (χ1n) is 10.8. The minimum Gasteiger partial charge on any atom is -0.378 e. The number of rotatable bonds is 4. The molecule has 160 valence electrons. The molecule has 1 saturated carbocycles. The second-order valence-corrected chi connectivity index (χ2v) is 8.26. The van der Waals surface area contributed by atoms with Gasteiger partial charge in [0.2, 0.25) is 5.95 Å². The fourth-order valence-corrected chi connectivity index (χ4v) is 4.52. The van der Waals surface area contributed by atoms with E-state index in [4.69, 9.17) is 4.74 Å². The highest BCUT2D eigenvalue weighted by Crippen LogP contribution is 2.31. The van der Waals surface area contributed by atoms with Crippen LogP contribution in [0, 0.1) is 11.7 Å². The first kappa shape index (κ1) is 20.7. The van der Waals surface area contributed by atoms with Crippen LogP contribution in [0.3, 0.4) is 0 Å². The summed E-state index contributed by atoms with van der Waals surface area (Å²) in [6.45, 7) is 4.74. The number of halogens is 1. The number of ether oxygens (including phenoxy) is 1. The van der Waals surface area contributed by atoms with Crippen molar-refractivity contribution in [3.05, 3.63) is 41.8 Å². The number of morpholine rings is 1. The maximum Gasteiger partial charge on any atom is 0.257 e. The number of aromatic nitrogens is 2. The molecule has 2 fully saturated rings. The molecule has 1 aromatic heterocycles. The molecule has 1 aliphatic heterocycles. The standard InChI is InChI=1S/C23H29FN4O2/c1-16-7-3-6-10-20(16)27(2)22(29)18-15-25-23(28-11-13-30-14-12-28)26-21(18)17-8-4-5-9-19(17)24/h4-5,8-9,15-16,20H,3,6-7,10-14H2,1-2H3. The Morgan fingerprint density at radius 2 is 1.93 bits per heavy atom. The van der Waals surface area contributed by atoms with E-state index in [2.05, 4.69) is 16.9 Å². The zero-order chi connectivity index (χ0) is 21.1. The van der Waals surface area contributed by atoms with Gasteiger partial charge in [0, 0.05) is 37.9 Å². The molecule has 30 heavy (non-hydrogen) atoms. The second kappa shape index (κ2) is 9.08. The zero-order valence-corrected chi connectivity index (χ0v) is 17.7. The van der Waals surface area contributed by atoms with Crippen LogP contribution in [0.2, 0.25) is 0 Å². The molecule has 4 rings (SSSR count). The molecular formula is C23H29FN4O2. The van der Waals surface area contributed by atoms with Crippen LogP contribution in [0.25, 0.3) is 11.3 Å². The SMILES string of the molecule is CC1CCCCC1N(C)C(=O)c1cnc(N2CCOCC2)nc1-c1ccccc1F. The van der Waals surface area contributed by atoms with Crippen LogP contribution < -0.4 is 4.90 Å². The molecule has 1 aliphatic carbocycles. The average Bonchev–Trinajstić information content (AvgIpc) is 2.79. The van der Waals surface area contributed by atoms with Gasteiger partial charge in [0.1, 0.15) is 5.82 Å². The smallest absolute Gasteiger partial charge is 0.257 e. The summed E-state index contributed by atoms with van der Waals surface area (Å²) in [4.78, 5) is 26.4. The highest BCUT2D eigenvalue weighted by atomic mass is 19.1. The normalized spacial score (nSPS) is 22.0. The van der Waals surface area contributed by atoms with Gasteiger partial charge in [-0.15, -0.1) is 0 Å². The van der Waals surface area contributed by atoms with E-state index < -0.39 is 5.82 Å². The molecule has 2 atom stereocenters. The Kier molecular flexibility index (Phi) is 6.27. The Labute approximate surface area is 177 Å². The summed E-state index contributed by atoms with van der Waals surface area (Å²) in [5.74, 6) is 0.396. The number of hydrogen-bond acceptors (Lipinski definition) is 5. The van der Waals surface area contributed by atoms with Crippen molar-refractivity contribution in [2.45, 2.75) is 38.6 Å². The van der Waals surface area contributed by atoms with Crippen LogP contribution in [0.4, 0.5) is 10.3 Å². The quantitative estimate of drug-likeness (QED) is 0.765. The Bertz CT molecular complexity index is 901. The molecule has 0 N–H and O–H groups in total. The summed E-state index contributed by atoms with van der Waals surface area (Å²) in [7, 11) is 1.84. The van der Waals surface area contributed by atoms with Gasteiger partial charge >= 0.3 is 0 Å². The molecule has 2 heterocycles. The average molecular weight is 413 g/mol. The van der Waals surface area contributed by atoms with Gasteiger partial charge in [0.15, 0.2) is 0 Å². The minimum atomic E-state index is -0.396. The van der Waals surface area contributed by atoms with E-state index in [1.54, 1.807) is 29.3 Å². The summed E-state index contributed by atoms with van der Waals surface area (Å²) >= 11 is 0.